The smallest absolute Gasteiger partial charge is 0.271 e. The normalized spacial score (nSPS) is 14.6. The maximum absolute atomic E-state index is 14.0. The van der Waals surface area contributed by atoms with Gasteiger partial charge in [-0.15, -0.1) is 0 Å². The molecule has 7 heteroatoms. The number of nitrogens with one attached hydrogen (secondary N) is 1. The van der Waals surface area contributed by atoms with Gasteiger partial charge in [-0.3, -0.25) is 9.89 Å². The average Bonchev–Trinajstić information content (AvgIpc) is 3.04. The van der Waals surface area contributed by atoms with Gasteiger partial charge in [0, 0.05) is 30.9 Å². The van der Waals surface area contributed by atoms with E-state index in [0.717, 1.165) is 43.1 Å². The van der Waals surface area contributed by atoms with Crippen LogP contribution >= 0.6 is 0 Å². The Morgan fingerprint density at radius 2 is 1.92 bits per heavy atom. The van der Waals surface area contributed by atoms with Gasteiger partial charge in [0.05, 0.1) is 11.4 Å². The predicted molar refractivity (Wildman–Crippen MR) is 98.2 cm³/mol. The molecule has 4 rings (SSSR count). The van der Waals surface area contributed by atoms with Crippen molar-refractivity contribution >= 4 is 5.95 Å². The summed E-state index contributed by atoms with van der Waals surface area (Å²) in [5.41, 5.74) is 1.94. The van der Waals surface area contributed by atoms with Gasteiger partial charge < -0.3 is 4.90 Å². The summed E-state index contributed by atoms with van der Waals surface area (Å²) in [4.78, 5) is 23.6. The average molecular weight is 353 g/mol. The molecule has 26 heavy (non-hydrogen) atoms. The van der Waals surface area contributed by atoms with Crippen molar-refractivity contribution in [3.8, 4) is 16.9 Å². The zero-order chi connectivity index (χ0) is 18.1. The third-order valence-electron chi connectivity index (χ3n) is 4.71. The van der Waals surface area contributed by atoms with Crippen LogP contribution in [-0.2, 0) is 0 Å². The third-order valence-corrected chi connectivity index (χ3v) is 4.71. The first-order valence-electron chi connectivity index (χ1n) is 8.79. The van der Waals surface area contributed by atoms with E-state index in [-0.39, 0.29) is 11.2 Å². The second-order valence-corrected chi connectivity index (χ2v) is 6.51. The zero-order valence-corrected chi connectivity index (χ0v) is 14.6. The lowest BCUT2D eigenvalue weighted by Gasteiger charge is -2.26. The number of aromatic amines is 1. The molecule has 1 N–H and O–H groups in total. The number of anilines is 1. The van der Waals surface area contributed by atoms with Crippen LogP contribution in [0.5, 0.6) is 0 Å². The number of hydrogen-bond acceptors (Lipinski definition) is 4. The van der Waals surface area contributed by atoms with Crippen molar-refractivity contribution in [1.82, 2.24) is 19.7 Å². The van der Waals surface area contributed by atoms with E-state index in [9.17, 15) is 9.18 Å². The third kappa shape index (κ3) is 3.00. The number of para-hydroxylation sites is 1. The highest BCUT2D eigenvalue weighted by Crippen LogP contribution is 2.23. The van der Waals surface area contributed by atoms with E-state index in [1.54, 1.807) is 24.4 Å². The van der Waals surface area contributed by atoms with Crippen molar-refractivity contribution in [2.45, 2.75) is 26.2 Å². The van der Waals surface area contributed by atoms with Crippen molar-refractivity contribution in [3.63, 3.8) is 0 Å². The first-order chi connectivity index (χ1) is 12.6. The fourth-order valence-corrected chi connectivity index (χ4v) is 3.31. The molecule has 0 radical (unpaired) electrons. The summed E-state index contributed by atoms with van der Waals surface area (Å²) in [5, 5.41) is 2.97. The number of rotatable bonds is 3. The zero-order valence-electron chi connectivity index (χ0n) is 14.6. The number of halogens is 1. The summed E-state index contributed by atoms with van der Waals surface area (Å²) >= 11 is 0. The van der Waals surface area contributed by atoms with E-state index < -0.39 is 5.82 Å². The molecule has 0 spiro atoms. The molecule has 1 aliphatic heterocycles. The van der Waals surface area contributed by atoms with Crippen LogP contribution in [0.25, 0.3) is 16.9 Å². The quantitative estimate of drug-likeness (QED) is 0.786. The molecule has 2 aromatic heterocycles. The molecular weight excluding hydrogens is 333 g/mol. The van der Waals surface area contributed by atoms with Crippen molar-refractivity contribution in [1.29, 1.82) is 0 Å². The SMILES string of the molecule is Cc1nc(N2CCCCC2)ncc1-c1cc(=O)n(-c2ccccc2F)[nH]1. The lowest BCUT2D eigenvalue weighted by Crippen LogP contribution is -2.31. The molecule has 3 heterocycles. The summed E-state index contributed by atoms with van der Waals surface area (Å²) in [5.74, 6) is 0.262. The Morgan fingerprint density at radius 3 is 2.65 bits per heavy atom. The Bertz CT molecular complexity index is 988. The first kappa shape index (κ1) is 16.5. The highest BCUT2D eigenvalue weighted by molar-refractivity contribution is 5.61. The van der Waals surface area contributed by atoms with Gasteiger partial charge in [-0.25, -0.2) is 19.0 Å². The van der Waals surface area contributed by atoms with E-state index in [0.29, 0.717) is 5.69 Å². The van der Waals surface area contributed by atoms with Crippen LogP contribution in [0.15, 0.2) is 41.3 Å². The van der Waals surface area contributed by atoms with Gasteiger partial charge >= 0.3 is 0 Å². The molecule has 1 saturated heterocycles. The Labute approximate surface area is 150 Å². The van der Waals surface area contributed by atoms with Crippen LogP contribution < -0.4 is 10.5 Å². The standard InChI is InChI=1S/C19H20FN5O/c1-13-14(12-21-19(22-13)24-9-5-2-6-10-24)16-11-18(26)25(23-16)17-8-4-3-7-15(17)20/h3-4,7-8,11-12,23H,2,5-6,9-10H2,1H3. The van der Waals surface area contributed by atoms with Crippen LogP contribution in [0.2, 0.25) is 0 Å². The van der Waals surface area contributed by atoms with Gasteiger partial charge in [0.25, 0.3) is 5.56 Å². The van der Waals surface area contributed by atoms with Gasteiger partial charge in [-0.05, 0) is 38.3 Å². The van der Waals surface area contributed by atoms with Crippen LogP contribution in [0.1, 0.15) is 25.0 Å². The maximum atomic E-state index is 14.0. The van der Waals surface area contributed by atoms with E-state index in [2.05, 4.69) is 20.0 Å². The van der Waals surface area contributed by atoms with Crippen LogP contribution in [-0.4, -0.2) is 32.8 Å². The molecule has 0 unspecified atom stereocenters. The fourth-order valence-electron chi connectivity index (χ4n) is 3.31. The van der Waals surface area contributed by atoms with E-state index in [1.165, 1.54) is 23.2 Å². The number of H-pyrrole nitrogens is 1. The molecule has 1 fully saturated rings. The Balaban J connectivity index is 1.69. The summed E-state index contributed by atoms with van der Waals surface area (Å²) in [6.45, 7) is 3.84. The van der Waals surface area contributed by atoms with Gasteiger partial charge in [0.15, 0.2) is 0 Å². The molecule has 0 saturated carbocycles. The molecular formula is C19H20FN5O. The minimum Gasteiger partial charge on any atom is -0.341 e. The largest absolute Gasteiger partial charge is 0.341 e. The molecule has 0 amide bonds. The van der Waals surface area contributed by atoms with Crippen molar-refractivity contribution < 1.29 is 4.39 Å². The van der Waals surface area contributed by atoms with Crippen LogP contribution in [0, 0.1) is 12.7 Å². The molecule has 1 aliphatic rings. The summed E-state index contributed by atoms with van der Waals surface area (Å²) in [7, 11) is 0. The molecule has 0 atom stereocenters. The minimum absolute atomic E-state index is 0.187. The van der Waals surface area contributed by atoms with Crippen molar-refractivity contribution in [3.05, 3.63) is 58.4 Å². The van der Waals surface area contributed by atoms with Crippen LogP contribution in [0.3, 0.4) is 0 Å². The first-order valence-corrected chi connectivity index (χ1v) is 8.79. The second kappa shape index (κ2) is 6.74. The highest BCUT2D eigenvalue weighted by atomic mass is 19.1. The number of aromatic nitrogens is 4. The highest BCUT2D eigenvalue weighted by Gasteiger charge is 2.17. The van der Waals surface area contributed by atoms with E-state index in [1.807, 2.05) is 6.92 Å². The van der Waals surface area contributed by atoms with Gasteiger partial charge in [-0.1, -0.05) is 12.1 Å². The lowest BCUT2D eigenvalue weighted by atomic mass is 10.1. The number of aryl methyl sites for hydroxylation is 1. The molecule has 3 aromatic rings. The van der Waals surface area contributed by atoms with Gasteiger partial charge in [0.1, 0.15) is 11.5 Å². The fraction of sp³-hybridized carbons (Fsp3) is 0.316. The number of piperidine rings is 1. The molecule has 0 aliphatic carbocycles. The van der Waals surface area contributed by atoms with E-state index in [4.69, 9.17) is 0 Å². The summed E-state index contributed by atoms with van der Waals surface area (Å²) in [6.07, 6.45) is 5.29. The lowest BCUT2D eigenvalue weighted by molar-refractivity contribution is 0.567. The van der Waals surface area contributed by atoms with E-state index >= 15 is 0 Å². The summed E-state index contributed by atoms with van der Waals surface area (Å²) < 4.78 is 15.2. The number of benzene rings is 1. The minimum atomic E-state index is -0.462. The Hall–Kier alpha value is -2.96. The Morgan fingerprint density at radius 1 is 1.15 bits per heavy atom. The summed E-state index contributed by atoms with van der Waals surface area (Å²) in [6, 6.07) is 7.60. The molecule has 134 valence electrons. The molecule has 0 bridgehead atoms. The maximum Gasteiger partial charge on any atom is 0.271 e. The van der Waals surface area contributed by atoms with Crippen LogP contribution in [0.4, 0.5) is 10.3 Å². The van der Waals surface area contributed by atoms with Gasteiger partial charge in [-0.2, -0.15) is 0 Å². The second-order valence-electron chi connectivity index (χ2n) is 6.51. The predicted octanol–water partition coefficient (Wildman–Crippen LogP) is 3.06. The van der Waals surface area contributed by atoms with Crippen molar-refractivity contribution in [2.24, 2.45) is 0 Å². The van der Waals surface area contributed by atoms with Crippen molar-refractivity contribution in [2.75, 3.05) is 18.0 Å². The van der Waals surface area contributed by atoms with Gasteiger partial charge in [0.2, 0.25) is 5.95 Å². The molecule has 1 aromatic carbocycles. The monoisotopic (exact) mass is 353 g/mol. The topological polar surface area (TPSA) is 66.8 Å². The molecule has 6 nitrogen and oxygen atoms in total. The number of nitrogens with zero attached hydrogens (tertiary/aromatic N) is 4. The Kier molecular flexibility index (Phi) is 4.28. The number of hydrogen-bond donors (Lipinski definition) is 1.